The average molecular weight is 1220 g/mol. The number of imide groups is 1. The quantitative estimate of drug-likeness (QED) is 0.0433. The minimum atomic E-state index is -1.07. The number of hydrogen-bond acceptors (Lipinski definition) is 15. The molecule has 1 aromatic heterocycles. The molecular weight excluding hydrogens is 1120 g/mol. The molecule has 7 N–H and O–H groups in total. The van der Waals surface area contributed by atoms with E-state index in [0.717, 1.165) is 24.9 Å². The molecule has 1 aliphatic heterocycles. The number of unbranched alkanes of at least 4 members (excludes halogenated alkanes) is 1. The van der Waals surface area contributed by atoms with Gasteiger partial charge in [-0.1, -0.05) is 88.7 Å². The molecule has 482 valence electrons. The highest BCUT2D eigenvalue weighted by Gasteiger charge is 2.41. The minimum Gasteiger partial charge on any atom is -0.445 e. The van der Waals surface area contributed by atoms with Gasteiger partial charge in [0, 0.05) is 83.2 Å². The Morgan fingerprint density at radius 1 is 0.805 bits per heavy atom. The molecule has 24 heteroatoms. The zero-order chi connectivity index (χ0) is 64.3. The van der Waals surface area contributed by atoms with Crippen LogP contribution in [0, 0.1) is 29.6 Å². The van der Waals surface area contributed by atoms with E-state index < -0.39 is 66.7 Å². The van der Waals surface area contributed by atoms with Gasteiger partial charge in [-0.25, -0.2) is 9.48 Å². The first-order valence-corrected chi connectivity index (χ1v) is 30.6. The number of amides is 9. The maximum atomic E-state index is 13.4. The number of nitrogens with zero attached hydrogens (tertiary/aromatic N) is 6. The zero-order valence-electron chi connectivity index (χ0n) is 53.2. The number of nitrogens with two attached hydrogens (primary N) is 1. The second kappa shape index (κ2) is 36.1. The Balaban J connectivity index is 0.00000310. The molecule has 87 heavy (non-hydrogen) atoms. The molecule has 1 saturated carbocycles. The van der Waals surface area contributed by atoms with Crippen LogP contribution in [0.1, 0.15) is 137 Å². The van der Waals surface area contributed by atoms with Gasteiger partial charge in [0.1, 0.15) is 31.6 Å². The largest absolute Gasteiger partial charge is 0.445 e. The highest BCUT2D eigenvalue weighted by Crippen LogP contribution is 2.33. The molecular formula is C63H98N12O12. The van der Waals surface area contributed by atoms with Crippen molar-refractivity contribution in [1.82, 2.24) is 51.0 Å². The molecule has 24 nitrogen and oxygen atoms in total. The third kappa shape index (κ3) is 25.5. The molecule has 1 saturated heterocycles. The monoisotopic (exact) mass is 1210 g/mol. The second-order valence-electron chi connectivity index (χ2n) is 24.6. The van der Waals surface area contributed by atoms with Gasteiger partial charge in [-0.3, -0.25) is 43.3 Å². The maximum absolute atomic E-state index is 13.4. The van der Waals surface area contributed by atoms with Crippen LogP contribution in [-0.4, -0.2) is 168 Å². The highest BCUT2D eigenvalue weighted by molar-refractivity contribution is 6.03. The standard InChI is InChI=1S/C59H87N11O12.C4H11N/c1-39(2)47-31-52(74)69(56(47)78)34-42-16-20-44(21-17-42)53(75)61-32-46-35-70(66-65-46)58(5,6)25-29-82-59(7,8)24-26-60-50(72)37-80-38-51(73)64-48(30-41-14-12-11-13-15-41)54(76)62-33-49(71)63-45-22-18-43(19-23-45)36-81-57(79)68(10)28-27-67(9)55(77)40(3)4;1-2-3-4-5/h11-15,18-19,22-23,35,39-40,42,44,47-48H,16-17,20-21,24-34,36-38H2,1-10H3,(H,60,72)(H,61,75)(H,62,76)(H,63,71)(H,64,73);2-5H2,1H3. The molecule has 2 aliphatic rings. The Morgan fingerprint density at radius 3 is 2.09 bits per heavy atom. The molecule has 2 unspecified atom stereocenters. The van der Waals surface area contributed by atoms with E-state index in [1.807, 2.05) is 67.7 Å². The van der Waals surface area contributed by atoms with Gasteiger partial charge in [0.05, 0.1) is 30.4 Å². The molecule has 0 radical (unpaired) electrons. The lowest BCUT2D eigenvalue weighted by atomic mass is 9.81. The van der Waals surface area contributed by atoms with E-state index in [2.05, 4.69) is 43.8 Å². The minimum absolute atomic E-state index is 0.0120. The van der Waals surface area contributed by atoms with E-state index in [-0.39, 0.29) is 85.8 Å². The molecule has 3 aromatic rings. The first kappa shape index (κ1) is 72.2. The summed E-state index contributed by atoms with van der Waals surface area (Å²) in [6.45, 7) is 19.1. The van der Waals surface area contributed by atoms with Gasteiger partial charge in [-0.15, -0.1) is 5.10 Å². The van der Waals surface area contributed by atoms with Crippen LogP contribution in [0.4, 0.5) is 10.5 Å². The van der Waals surface area contributed by atoms with Crippen molar-refractivity contribution in [3.05, 3.63) is 77.6 Å². The number of rotatable bonds is 33. The molecule has 0 spiro atoms. The topological polar surface area (TPSA) is 308 Å². The molecule has 1 aliphatic carbocycles. The second-order valence-corrected chi connectivity index (χ2v) is 24.6. The summed E-state index contributed by atoms with van der Waals surface area (Å²) in [5.41, 5.74) is 6.57. The fourth-order valence-electron chi connectivity index (χ4n) is 9.72. The van der Waals surface area contributed by atoms with E-state index in [1.165, 1.54) is 22.6 Å². The van der Waals surface area contributed by atoms with Crippen LogP contribution in [0.25, 0.3) is 0 Å². The summed E-state index contributed by atoms with van der Waals surface area (Å²) in [6.07, 6.45) is 8.09. The van der Waals surface area contributed by atoms with E-state index in [0.29, 0.717) is 68.9 Å². The summed E-state index contributed by atoms with van der Waals surface area (Å²) in [5, 5.41) is 22.4. The fourth-order valence-corrected chi connectivity index (χ4v) is 9.72. The fraction of sp³-hybridized carbons (Fsp3) is 0.635. The number of likely N-dealkylation sites (tertiary alicyclic amines) is 1. The van der Waals surface area contributed by atoms with E-state index in [9.17, 15) is 43.2 Å². The number of benzene rings is 2. The Morgan fingerprint density at radius 2 is 1.47 bits per heavy atom. The third-order valence-electron chi connectivity index (χ3n) is 15.5. The summed E-state index contributed by atoms with van der Waals surface area (Å²) in [6, 6.07) is 14.6. The number of ether oxygens (including phenoxy) is 3. The lowest BCUT2D eigenvalue weighted by molar-refractivity contribution is -0.141. The van der Waals surface area contributed by atoms with Crippen molar-refractivity contribution >= 4 is 59.0 Å². The molecule has 2 atom stereocenters. The van der Waals surface area contributed by atoms with Crippen LogP contribution in [-0.2, 0) is 77.7 Å². The zero-order valence-corrected chi connectivity index (χ0v) is 53.2. The summed E-state index contributed by atoms with van der Waals surface area (Å²) in [5.74, 6) is -2.60. The Kier molecular flexibility index (Phi) is 30.0. The van der Waals surface area contributed by atoms with Gasteiger partial charge in [0.2, 0.25) is 47.3 Å². The van der Waals surface area contributed by atoms with Gasteiger partial charge >= 0.3 is 6.09 Å². The molecule has 2 heterocycles. The predicted molar refractivity (Wildman–Crippen MR) is 329 cm³/mol. The van der Waals surface area contributed by atoms with Crippen molar-refractivity contribution in [2.45, 2.75) is 157 Å². The Bertz CT molecular complexity index is 2690. The summed E-state index contributed by atoms with van der Waals surface area (Å²) in [4.78, 5) is 119. The van der Waals surface area contributed by atoms with Crippen LogP contribution in [0.3, 0.4) is 0 Å². The number of carbonyl (C=O) groups excluding carboxylic acids is 9. The van der Waals surface area contributed by atoms with Crippen molar-refractivity contribution in [2.24, 2.45) is 35.3 Å². The van der Waals surface area contributed by atoms with Crippen molar-refractivity contribution in [3.63, 3.8) is 0 Å². The van der Waals surface area contributed by atoms with Crippen LogP contribution in [0.2, 0.25) is 0 Å². The predicted octanol–water partition coefficient (Wildman–Crippen LogP) is 5.09. The normalized spacial score (nSPS) is 16.3. The smallest absolute Gasteiger partial charge is 0.409 e. The number of hydrogen-bond donors (Lipinski definition) is 6. The summed E-state index contributed by atoms with van der Waals surface area (Å²) >= 11 is 0. The van der Waals surface area contributed by atoms with Crippen molar-refractivity contribution in [3.8, 4) is 0 Å². The first-order valence-electron chi connectivity index (χ1n) is 30.6. The van der Waals surface area contributed by atoms with Crippen molar-refractivity contribution in [1.29, 1.82) is 0 Å². The van der Waals surface area contributed by atoms with Gasteiger partial charge < -0.3 is 56.3 Å². The Labute approximate surface area is 513 Å². The highest BCUT2D eigenvalue weighted by atomic mass is 16.6. The van der Waals surface area contributed by atoms with Gasteiger partial charge in [0.15, 0.2) is 0 Å². The number of aromatic nitrogens is 3. The van der Waals surface area contributed by atoms with Crippen molar-refractivity contribution < 1.29 is 57.4 Å². The van der Waals surface area contributed by atoms with Gasteiger partial charge in [-0.2, -0.15) is 0 Å². The SMILES string of the molecule is CC(C)C(=O)N(C)CCN(C)C(=O)OCc1ccc(NC(=O)CNC(=O)C(Cc2ccccc2)NC(=O)COCC(=O)NCCC(C)(C)OCCC(C)(C)n2cc(CNC(=O)C3CCC(CN4C(=O)CC(C(C)C)C4=O)CC3)nn2)cc1.CCCCN. The molecule has 2 fully saturated rings. The van der Waals surface area contributed by atoms with E-state index in [4.69, 9.17) is 19.9 Å². The summed E-state index contributed by atoms with van der Waals surface area (Å²) in [7, 11) is 3.28. The van der Waals surface area contributed by atoms with Gasteiger partial charge in [0.25, 0.3) is 0 Å². The third-order valence-corrected chi connectivity index (χ3v) is 15.5. The van der Waals surface area contributed by atoms with Crippen LogP contribution >= 0.6 is 0 Å². The summed E-state index contributed by atoms with van der Waals surface area (Å²) < 4.78 is 18.8. The molecule has 2 aromatic carbocycles. The van der Waals surface area contributed by atoms with E-state index in [1.54, 1.807) is 72.2 Å². The Hall–Kier alpha value is -7.31. The average Bonchev–Trinajstić information content (AvgIpc) is 4.07. The number of nitrogens with one attached hydrogen (secondary N) is 5. The van der Waals surface area contributed by atoms with Crippen molar-refractivity contribution in [2.75, 3.05) is 78.5 Å². The number of likely N-dealkylation sites (N-methyl/N-ethyl adjacent to an activating group) is 2. The number of anilines is 1. The van der Waals surface area contributed by atoms with Crippen LogP contribution in [0.5, 0.6) is 0 Å². The molecule has 5 rings (SSSR count). The number of carbonyl (C=O) groups is 9. The first-order chi connectivity index (χ1) is 41.2. The van der Waals surface area contributed by atoms with E-state index >= 15 is 0 Å². The maximum Gasteiger partial charge on any atom is 0.409 e. The lowest BCUT2D eigenvalue weighted by Crippen LogP contribution is -2.50. The van der Waals surface area contributed by atoms with Gasteiger partial charge in [-0.05, 0) is 114 Å². The van der Waals surface area contributed by atoms with Crippen LogP contribution in [0.15, 0.2) is 60.8 Å². The molecule has 9 amide bonds. The van der Waals surface area contributed by atoms with Crippen LogP contribution < -0.4 is 32.3 Å². The molecule has 0 bridgehead atoms. The lowest BCUT2D eigenvalue weighted by Gasteiger charge is -2.30.